The third kappa shape index (κ3) is 3.39. The summed E-state index contributed by atoms with van der Waals surface area (Å²) in [6, 6.07) is 7.68. The Labute approximate surface area is 121 Å². The molecule has 2 rings (SSSR count). The zero-order valence-corrected chi connectivity index (χ0v) is 11.6. The molecule has 0 atom stereocenters. The van der Waals surface area contributed by atoms with Crippen LogP contribution in [0.4, 0.5) is 4.39 Å². The van der Waals surface area contributed by atoms with Crippen LogP contribution in [-0.4, -0.2) is 19.2 Å². The van der Waals surface area contributed by atoms with E-state index >= 15 is 0 Å². The summed E-state index contributed by atoms with van der Waals surface area (Å²) < 4.78 is 29.2. The van der Waals surface area contributed by atoms with Gasteiger partial charge >= 0.3 is 0 Å². The minimum atomic E-state index is -0.652. The summed E-state index contributed by atoms with van der Waals surface area (Å²) >= 11 is 0. The molecule has 0 unspecified atom stereocenters. The van der Waals surface area contributed by atoms with E-state index in [1.54, 1.807) is 24.4 Å². The van der Waals surface area contributed by atoms with Gasteiger partial charge in [0.1, 0.15) is 18.5 Å². The summed E-state index contributed by atoms with van der Waals surface area (Å²) in [6.07, 6.45) is 1.60. The summed E-state index contributed by atoms with van der Waals surface area (Å²) in [5, 5.41) is 8.78. The first-order valence-electron chi connectivity index (χ1n) is 6.07. The van der Waals surface area contributed by atoms with Gasteiger partial charge in [0, 0.05) is 30.0 Å². The summed E-state index contributed by atoms with van der Waals surface area (Å²) in [7, 11) is 2.96. The van der Waals surface area contributed by atoms with Gasteiger partial charge in [-0.3, -0.25) is 0 Å². The van der Waals surface area contributed by atoms with E-state index in [0.29, 0.717) is 11.6 Å². The van der Waals surface area contributed by atoms with E-state index in [-0.39, 0.29) is 17.9 Å². The van der Waals surface area contributed by atoms with Crippen LogP contribution in [0.25, 0.3) is 0 Å². The molecule has 2 aromatic rings. The second-order valence-electron chi connectivity index (χ2n) is 4.09. The second kappa shape index (κ2) is 6.57. The Kier molecular flexibility index (Phi) is 4.57. The van der Waals surface area contributed by atoms with Gasteiger partial charge in [-0.25, -0.2) is 9.37 Å². The number of pyridine rings is 1. The normalized spacial score (nSPS) is 9.81. The molecular weight excluding hydrogens is 275 g/mol. The maximum absolute atomic E-state index is 13.6. The van der Waals surface area contributed by atoms with Crippen molar-refractivity contribution in [2.75, 3.05) is 14.2 Å². The van der Waals surface area contributed by atoms with Gasteiger partial charge in [-0.15, -0.1) is 0 Å². The zero-order valence-electron chi connectivity index (χ0n) is 11.6. The van der Waals surface area contributed by atoms with E-state index in [9.17, 15) is 4.39 Å². The second-order valence-corrected chi connectivity index (χ2v) is 4.09. The summed E-state index contributed by atoms with van der Waals surface area (Å²) in [6.45, 7) is 0.193. The highest BCUT2D eigenvalue weighted by molar-refractivity contribution is 5.47. The molecule has 1 aromatic carbocycles. The van der Waals surface area contributed by atoms with Crippen LogP contribution in [-0.2, 0) is 6.61 Å². The predicted octanol–water partition coefficient (Wildman–Crippen LogP) is 2.69. The van der Waals surface area contributed by atoms with E-state index in [1.165, 1.54) is 20.3 Å². The predicted molar refractivity (Wildman–Crippen MR) is 72.8 cm³/mol. The number of hydrogen-bond donors (Lipinski definition) is 0. The molecule has 0 amide bonds. The number of rotatable bonds is 5. The van der Waals surface area contributed by atoms with Gasteiger partial charge < -0.3 is 14.2 Å². The smallest absolute Gasteiger partial charge is 0.212 e. The summed E-state index contributed by atoms with van der Waals surface area (Å²) in [5.41, 5.74) is 0.702. The van der Waals surface area contributed by atoms with Crippen LogP contribution >= 0.6 is 0 Å². The van der Waals surface area contributed by atoms with Crippen LogP contribution in [0.3, 0.4) is 0 Å². The van der Waals surface area contributed by atoms with Crippen molar-refractivity contribution >= 4 is 0 Å². The molecule has 0 aliphatic rings. The van der Waals surface area contributed by atoms with E-state index in [0.717, 1.165) is 11.6 Å². The van der Waals surface area contributed by atoms with Crippen molar-refractivity contribution in [3.63, 3.8) is 0 Å². The molecule has 0 radical (unpaired) electrons. The molecule has 1 heterocycles. The molecule has 5 nitrogen and oxygen atoms in total. The highest BCUT2D eigenvalue weighted by Gasteiger charge is 2.11. The van der Waals surface area contributed by atoms with E-state index in [1.807, 2.05) is 0 Å². The quantitative estimate of drug-likeness (QED) is 0.846. The molecule has 0 saturated carbocycles. The number of benzene rings is 1. The topological polar surface area (TPSA) is 64.4 Å². The van der Waals surface area contributed by atoms with Crippen LogP contribution in [0.2, 0.25) is 0 Å². The first-order chi connectivity index (χ1) is 10.2. The number of aromatic nitrogens is 1. The fourth-order valence-corrected chi connectivity index (χ4v) is 1.67. The lowest BCUT2D eigenvalue weighted by Gasteiger charge is -2.11. The van der Waals surface area contributed by atoms with Crippen molar-refractivity contribution in [3.8, 4) is 23.4 Å². The molecule has 6 heteroatoms. The average molecular weight is 288 g/mol. The Balaban J connectivity index is 2.15. The Hall–Kier alpha value is -2.81. The fraction of sp³-hybridized carbons (Fsp3) is 0.200. The van der Waals surface area contributed by atoms with Crippen LogP contribution in [0.1, 0.15) is 11.1 Å². The van der Waals surface area contributed by atoms with Crippen LogP contribution in [0.15, 0.2) is 30.5 Å². The van der Waals surface area contributed by atoms with E-state index in [4.69, 9.17) is 19.5 Å². The number of nitriles is 1. The molecule has 0 bridgehead atoms. The first kappa shape index (κ1) is 14.6. The molecule has 0 N–H and O–H groups in total. The van der Waals surface area contributed by atoms with Crippen molar-refractivity contribution in [1.82, 2.24) is 4.98 Å². The number of ether oxygens (including phenoxy) is 3. The van der Waals surface area contributed by atoms with Gasteiger partial charge in [0.25, 0.3) is 0 Å². The van der Waals surface area contributed by atoms with Gasteiger partial charge in [-0.05, 0) is 6.07 Å². The van der Waals surface area contributed by atoms with Gasteiger partial charge in [0.2, 0.25) is 5.88 Å². The zero-order chi connectivity index (χ0) is 15.2. The number of halogens is 1. The minimum Gasteiger partial charge on any atom is -0.493 e. The molecule has 0 saturated heterocycles. The first-order valence-corrected chi connectivity index (χ1v) is 6.07. The van der Waals surface area contributed by atoms with Crippen molar-refractivity contribution in [2.45, 2.75) is 6.61 Å². The Morgan fingerprint density at radius 2 is 2.00 bits per heavy atom. The van der Waals surface area contributed by atoms with Crippen molar-refractivity contribution < 1.29 is 18.6 Å². The van der Waals surface area contributed by atoms with Gasteiger partial charge in [0.05, 0.1) is 19.8 Å². The highest BCUT2D eigenvalue weighted by atomic mass is 19.1. The van der Waals surface area contributed by atoms with Crippen LogP contribution in [0.5, 0.6) is 17.4 Å². The molecule has 0 spiro atoms. The lowest BCUT2D eigenvalue weighted by atomic mass is 10.2. The molecular formula is C15H13FN2O3. The highest BCUT2D eigenvalue weighted by Crippen LogP contribution is 2.30. The number of nitrogens with zero attached hydrogens (tertiary/aromatic N) is 2. The van der Waals surface area contributed by atoms with Crippen molar-refractivity contribution in [3.05, 3.63) is 47.4 Å². The third-order valence-electron chi connectivity index (χ3n) is 2.77. The Bertz CT molecular complexity index is 666. The standard InChI is InChI=1S/C15H13FN2O3/c1-19-13-5-11(7-17)12(16)6-14(13)21-9-10-3-4-15(20-2)18-8-10/h3-6,8H,9H2,1-2H3. The molecule has 21 heavy (non-hydrogen) atoms. The Morgan fingerprint density at radius 1 is 1.19 bits per heavy atom. The Morgan fingerprint density at radius 3 is 2.57 bits per heavy atom. The van der Waals surface area contributed by atoms with Gasteiger partial charge in [-0.1, -0.05) is 0 Å². The van der Waals surface area contributed by atoms with Gasteiger partial charge in [-0.2, -0.15) is 5.26 Å². The van der Waals surface area contributed by atoms with E-state index < -0.39 is 5.82 Å². The van der Waals surface area contributed by atoms with Crippen molar-refractivity contribution in [2.24, 2.45) is 0 Å². The fourth-order valence-electron chi connectivity index (χ4n) is 1.67. The SMILES string of the molecule is COc1ccc(COc2cc(F)c(C#N)cc2OC)cn1. The summed E-state index contributed by atoms with van der Waals surface area (Å²) in [4.78, 5) is 4.05. The molecule has 0 aliphatic carbocycles. The van der Waals surface area contributed by atoms with Crippen molar-refractivity contribution in [1.29, 1.82) is 5.26 Å². The average Bonchev–Trinajstić information content (AvgIpc) is 2.53. The monoisotopic (exact) mass is 288 g/mol. The van der Waals surface area contributed by atoms with Gasteiger partial charge in [0.15, 0.2) is 11.5 Å². The molecule has 1 aromatic heterocycles. The molecule has 0 fully saturated rings. The third-order valence-corrected chi connectivity index (χ3v) is 2.77. The lowest BCUT2D eigenvalue weighted by molar-refractivity contribution is 0.282. The largest absolute Gasteiger partial charge is 0.493 e. The maximum atomic E-state index is 13.6. The molecule has 0 aliphatic heterocycles. The van der Waals surface area contributed by atoms with Crippen LogP contribution < -0.4 is 14.2 Å². The minimum absolute atomic E-state index is 0.0923. The van der Waals surface area contributed by atoms with E-state index in [2.05, 4.69) is 4.98 Å². The summed E-state index contributed by atoms with van der Waals surface area (Å²) in [5.74, 6) is 0.376. The number of methoxy groups -OCH3 is 2. The maximum Gasteiger partial charge on any atom is 0.212 e. The molecule has 108 valence electrons. The number of hydrogen-bond acceptors (Lipinski definition) is 5. The van der Waals surface area contributed by atoms with Crippen LogP contribution in [0, 0.1) is 17.1 Å². The lowest BCUT2D eigenvalue weighted by Crippen LogP contribution is -2.00.